The zero-order chi connectivity index (χ0) is 16.4. The third-order valence-electron chi connectivity index (χ3n) is 5.16. The van der Waals surface area contributed by atoms with E-state index in [2.05, 4.69) is 40.7 Å². The van der Waals surface area contributed by atoms with Crippen LogP contribution < -0.4 is 0 Å². The molecule has 1 amide bonds. The monoisotopic (exact) mass is 320 g/mol. The van der Waals surface area contributed by atoms with Gasteiger partial charge in [-0.2, -0.15) is 4.98 Å². The number of rotatable bonds is 4. The van der Waals surface area contributed by atoms with Gasteiger partial charge in [0.25, 0.3) is 0 Å². The maximum Gasteiger partial charge on any atom is 0.243 e. The first kappa shape index (κ1) is 16.4. The molecule has 2 unspecified atom stereocenters. The Balaban J connectivity index is 1.61. The predicted molar refractivity (Wildman–Crippen MR) is 87.0 cm³/mol. The Morgan fingerprint density at radius 2 is 1.96 bits per heavy atom. The van der Waals surface area contributed by atoms with Gasteiger partial charge in [-0.1, -0.05) is 19.0 Å². The Morgan fingerprint density at radius 3 is 2.61 bits per heavy atom. The molecule has 1 aromatic heterocycles. The second-order valence-electron chi connectivity index (χ2n) is 7.13. The van der Waals surface area contributed by atoms with Crippen molar-refractivity contribution >= 4 is 5.91 Å². The van der Waals surface area contributed by atoms with Crippen LogP contribution in [-0.2, 0) is 4.79 Å². The molecule has 2 aliphatic heterocycles. The topological polar surface area (TPSA) is 62.5 Å². The summed E-state index contributed by atoms with van der Waals surface area (Å²) < 4.78 is 5.46. The highest BCUT2D eigenvalue weighted by molar-refractivity contribution is 5.78. The van der Waals surface area contributed by atoms with E-state index in [1.165, 1.54) is 0 Å². The van der Waals surface area contributed by atoms with Gasteiger partial charge in [-0.05, 0) is 39.2 Å². The number of aromatic nitrogens is 2. The first-order valence-electron chi connectivity index (χ1n) is 8.93. The number of carbonyl (C=O) groups excluding carboxylic acids is 1. The number of likely N-dealkylation sites (tertiary alicyclic amines) is 2. The molecular formula is C17H28N4O2. The summed E-state index contributed by atoms with van der Waals surface area (Å²) in [5, 5.41) is 4.08. The van der Waals surface area contributed by atoms with Gasteiger partial charge in [-0.15, -0.1) is 0 Å². The molecule has 3 heterocycles. The molecule has 128 valence electrons. The van der Waals surface area contributed by atoms with Crippen molar-refractivity contribution in [1.82, 2.24) is 19.9 Å². The van der Waals surface area contributed by atoms with Crippen molar-refractivity contribution in [2.45, 2.75) is 70.9 Å². The summed E-state index contributed by atoms with van der Waals surface area (Å²) in [6, 6.07) is 0.555. The fourth-order valence-electron chi connectivity index (χ4n) is 3.66. The van der Waals surface area contributed by atoms with Crippen LogP contribution in [0.25, 0.3) is 0 Å². The summed E-state index contributed by atoms with van der Waals surface area (Å²) in [5.41, 5.74) is 0. The van der Waals surface area contributed by atoms with E-state index in [1.807, 2.05) is 0 Å². The van der Waals surface area contributed by atoms with Crippen LogP contribution in [0.5, 0.6) is 0 Å². The molecule has 0 spiro atoms. The zero-order valence-corrected chi connectivity index (χ0v) is 14.5. The Kier molecular flexibility index (Phi) is 4.99. The largest absolute Gasteiger partial charge is 0.340 e. The van der Waals surface area contributed by atoms with Crippen LogP contribution in [0.1, 0.15) is 76.6 Å². The van der Waals surface area contributed by atoms with E-state index in [0.717, 1.165) is 57.6 Å². The third-order valence-corrected chi connectivity index (χ3v) is 5.16. The first-order chi connectivity index (χ1) is 11.1. The van der Waals surface area contributed by atoms with Gasteiger partial charge < -0.3 is 9.42 Å². The maximum absolute atomic E-state index is 12.0. The van der Waals surface area contributed by atoms with E-state index in [4.69, 9.17) is 4.52 Å². The van der Waals surface area contributed by atoms with Crippen LogP contribution in [0, 0.1) is 0 Å². The van der Waals surface area contributed by atoms with Crippen molar-refractivity contribution in [3.05, 3.63) is 11.7 Å². The van der Waals surface area contributed by atoms with Crippen LogP contribution in [0.15, 0.2) is 4.52 Å². The Morgan fingerprint density at radius 1 is 1.13 bits per heavy atom. The summed E-state index contributed by atoms with van der Waals surface area (Å²) in [4.78, 5) is 21.0. The minimum atomic E-state index is 0.142. The number of nitrogens with zero attached hydrogens (tertiary/aromatic N) is 4. The van der Waals surface area contributed by atoms with Gasteiger partial charge in [0.05, 0.1) is 6.04 Å². The van der Waals surface area contributed by atoms with Crippen molar-refractivity contribution in [2.24, 2.45) is 0 Å². The van der Waals surface area contributed by atoms with Gasteiger partial charge in [-0.25, -0.2) is 0 Å². The van der Waals surface area contributed by atoms with Crippen LogP contribution in [0.3, 0.4) is 0 Å². The lowest BCUT2D eigenvalue weighted by Crippen LogP contribution is -2.37. The highest BCUT2D eigenvalue weighted by Gasteiger charge is 2.31. The fourth-order valence-corrected chi connectivity index (χ4v) is 3.66. The highest BCUT2D eigenvalue weighted by atomic mass is 16.5. The van der Waals surface area contributed by atoms with Gasteiger partial charge in [0.15, 0.2) is 5.82 Å². The van der Waals surface area contributed by atoms with E-state index in [-0.39, 0.29) is 12.0 Å². The molecule has 0 bridgehead atoms. The summed E-state index contributed by atoms with van der Waals surface area (Å²) in [5.74, 6) is 2.12. The van der Waals surface area contributed by atoms with Crippen LogP contribution in [-0.4, -0.2) is 51.5 Å². The normalized spacial score (nSPS) is 25.1. The Labute approximate surface area is 138 Å². The van der Waals surface area contributed by atoms with Crippen LogP contribution >= 0.6 is 0 Å². The number of carbonyl (C=O) groups is 1. The van der Waals surface area contributed by atoms with Gasteiger partial charge in [0, 0.05) is 31.5 Å². The molecule has 0 aliphatic carbocycles. The van der Waals surface area contributed by atoms with Gasteiger partial charge in [0.2, 0.25) is 11.8 Å². The zero-order valence-electron chi connectivity index (χ0n) is 14.5. The molecule has 6 heteroatoms. The molecule has 2 fully saturated rings. The van der Waals surface area contributed by atoms with Gasteiger partial charge >= 0.3 is 0 Å². The van der Waals surface area contributed by atoms with E-state index < -0.39 is 0 Å². The summed E-state index contributed by atoms with van der Waals surface area (Å²) in [7, 11) is 0. The minimum Gasteiger partial charge on any atom is -0.340 e. The standard InChI is InChI=1S/C17H28N4O2/c1-12(2)16-18-17(23-19-16)13(3)20-9-4-6-14(8-11-20)21-10-5-7-15(21)22/h12-14H,4-11H2,1-3H3. The molecule has 0 radical (unpaired) electrons. The molecule has 1 aromatic rings. The van der Waals surface area contributed by atoms with E-state index in [0.29, 0.717) is 17.8 Å². The van der Waals surface area contributed by atoms with E-state index in [1.54, 1.807) is 0 Å². The molecule has 2 atom stereocenters. The predicted octanol–water partition coefficient (Wildman–Crippen LogP) is 2.73. The molecule has 23 heavy (non-hydrogen) atoms. The van der Waals surface area contributed by atoms with E-state index in [9.17, 15) is 4.79 Å². The molecule has 0 N–H and O–H groups in total. The quantitative estimate of drug-likeness (QED) is 0.853. The van der Waals surface area contributed by atoms with Gasteiger partial charge in [-0.3, -0.25) is 9.69 Å². The second kappa shape index (κ2) is 6.99. The summed E-state index contributed by atoms with van der Waals surface area (Å²) in [6.07, 6.45) is 5.02. The number of amides is 1. The summed E-state index contributed by atoms with van der Waals surface area (Å²) in [6.45, 7) is 9.24. The number of hydrogen-bond donors (Lipinski definition) is 0. The lowest BCUT2D eigenvalue weighted by Gasteiger charge is -2.28. The van der Waals surface area contributed by atoms with Crippen molar-refractivity contribution in [3.8, 4) is 0 Å². The molecular weight excluding hydrogens is 292 g/mol. The van der Waals surface area contributed by atoms with Crippen molar-refractivity contribution < 1.29 is 9.32 Å². The molecule has 0 saturated carbocycles. The Bertz CT molecular complexity index is 542. The number of hydrogen-bond acceptors (Lipinski definition) is 5. The second-order valence-corrected chi connectivity index (χ2v) is 7.13. The SMILES string of the molecule is CC(C)c1noc(C(C)N2CCCC(N3CCCC3=O)CC2)n1. The van der Waals surface area contributed by atoms with Crippen molar-refractivity contribution in [2.75, 3.05) is 19.6 Å². The molecule has 6 nitrogen and oxygen atoms in total. The average molecular weight is 320 g/mol. The third kappa shape index (κ3) is 3.57. The van der Waals surface area contributed by atoms with Crippen LogP contribution in [0.4, 0.5) is 0 Å². The average Bonchev–Trinajstić information content (AvgIpc) is 3.11. The Hall–Kier alpha value is -1.43. The first-order valence-corrected chi connectivity index (χ1v) is 8.93. The minimum absolute atomic E-state index is 0.142. The molecule has 3 rings (SSSR count). The molecule has 2 saturated heterocycles. The van der Waals surface area contributed by atoms with Gasteiger partial charge in [0.1, 0.15) is 0 Å². The summed E-state index contributed by atoms with van der Waals surface area (Å²) >= 11 is 0. The smallest absolute Gasteiger partial charge is 0.243 e. The lowest BCUT2D eigenvalue weighted by atomic mass is 10.1. The maximum atomic E-state index is 12.0. The molecule has 2 aliphatic rings. The van der Waals surface area contributed by atoms with Crippen molar-refractivity contribution in [3.63, 3.8) is 0 Å². The van der Waals surface area contributed by atoms with Crippen LogP contribution in [0.2, 0.25) is 0 Å². The fraction of sp³-hybridized carbons (Fsp3) is 0.824. The lowest BCUT2D eigenvalue weighted by molar-refractivity contribution is -0.129. The molecule has 0 aromatic carbocycles. The van der Waals surface area contributed by atoms with E-state index >= 15 is 0 Å². The van der Waals surface area contributed by atoms with Crippen molar-refractivity contribution in [1.29, 1.82) is 0 Å². The highest BCUT2D eigenvalue weighted by Crippen LogP contribution is 2.27.